The van der Waals surface area contributed by atoms with Crippen molar-refractivity contribution in [2.24, 2.45) is 0 Å². The molecular formula is C23H24F6N4O. The number of nitrogens with one attached hydrogen (secondary N) is 2. The number of carbonyl (C=O) groups is 1. The van der Waals surface area contributed by atoms with E-state index in [-0.39, 0.29) is 23.7 Å². The van der Waals surface area contributed by atoms with Crippen LogP contribution in [-0.4, -0.2) is 23.0 Å². The van der Waals surface area contributed by atoms with Crippen LogP contribution in [0.5, 0.6) is 0 Å². The van der Waals surface area contributed by atoms with Gasteiger partial charge in [-0.1, -0.05) is 13.8 Å². The van der Waals surface area contributed by atoms with Crippen LogP contribution in [0.2, 0.25) is 0 Å². The number of rotatable bonds is 4. The molecule has 1 aliphatic carbocycles. The SMILES string of the molecule is CC.N#Cc1ccc(C(=O)NC2CCC(Nc3cc(C(F)(F)F)nc(C(F)(F)F)c3)CC2)cc1. The van der Waals surface area contributed by atoms with Gasteiger partial charge in [0.15, 0.2) is 0 Å². The van der Waals surface area contributed by atoms with Crippen molar-refractivity contribution in [1.29, 1.82) is 5.26 Å². The second kappa shape index (κ2) is 11.2. The van der Waals surface area contributed by atoms with Crippen LogP contribution in [0.1, 0.15) is 66.8 Å². The number of alkyl halides is 6. The van der Waals surface area contributed by atoms with Crippen molar-refractivity contribution in [3.8, 4) is 6.07 Å². The first kappa shape index (κ1) is 27.0. The number of nitrogens with zero attached hydrogens (tertiary/aromatic N) is 2. The minimum absolute atomic E-state index is 0.176. The van der Waals surface area contributed by atoms with Crippen LogP contribution in [0, 0.1) is 11.3 Å². The van der Waals surface area contributed by atoms with Gasteiger partial charge >= 0.3 is 12.4 Å². The van der Waals surface area contributed by atoms with Gasteiger partial charge in [0.1, 0.15) is 11.4 Å². The fourth-order valence-corrected chi connectivity index (χ4v) is 3.49. The summed E-state index contributed by atoms with van der Waals surface area (Å²) in [4.78, 5) is 15.0. The van der Waals surface area contributed by atoms with Gasteiger partial charge in [-0.2, -0.15) is 31.6 Å². The fourth-order valence-electron chi connectivity index (χ4n) is 3.49. The van der Waals surface area contributed by atoms with Crippen molar-refractivity contribution in [3.63, 3.8) is 0 Å². The Balaban J connectivity index is 0.00000199. The van der Waals surface area contributed by atoms with Gasteiger partial charge in [-0.15, -0.1) is 0 Å². The third-order valence-electron chi connectivity index (χ3n) is 5.12. The lowest BCUT2D eigenvalue weighted by Crippen LogP contribution is -2.40. The van der Waals surface area contributed by atoms with E-state index in [9.17, 15) is 31.1 Å². The van der Waals surface area contributed by atoms with Crippen LogP contribution in [-0.2, 0) is 12.4 Å². The predicted molar refractivity (Wildman–Crippen MR) is 114 cm³/mol. The summed E-state index contributed by atoms with van der Waals surface area (Å²) in [6.07, 6.45) is -8.12. The molecular weight excluding hydrogens is 462 g/mol. The summed E-state index contributed by atoms with van der Waals surface area (Å²) in [7, 11) is 0. The van der Waals surface area contributed by atoms with E-state index in [1.165, 1.54) is 24.3 Å². The van der Waals surface area contributed by atoms with Gasteiger partial charge in [0.05, 0.1) is 11.6 Å². The van der Waals surface area contributed by atoms with Crippen molar-refractivity contribution in [3.05, 3.63) is 58.9 Å². The lowest BCUT2D eigenvalue weighted by molar-refractivity contribution is -0.150. The smallest absolute Gasteiger partial charge is 0.382 e. The average Bonchev–Trinajstić information content (AvgIpc) is 2.80. The zero-order valence-corrected chi connectivity index (χ0v) is 18.5. The number of halogens is 6. The minimum Gasteiger partial charge on any atom is -0.382 e. The molecule has 5 nitrogen and oxygen atoms in total. The Kier molecular flexibility index (Phi) is 8.90. The van der Waals surface area contributed by atoms with Crippen molar-refractivity contribution in [2.45, 2.75) is 64.0 Å². The quantitative estimate of drug-likeness (QED) is 0.507. The maximum absolute atomic E-state index is 13.0. The molecule has 1 aromatic carbocycles. The van der Waals surface area contributed by atoms with Crippen LogP contribution in [0.4, 0.5) is 32.0 Å². The molecule has 0 aliphatic heterocycles. The van der Waals surface area contributed by atoms with Crippen molar-refractivity contribution in [1.82, 2.24) is 10.3 Å². The van der Waals surface area contributed by atoms with E-state index in [1.807, 2.05) is 19.9 Å². The highest BCUT2D eigenvalue weighted by Crippen LogP contribution is 2.35. The molecule has 2 N–H and O–H groups in total. The maximum atomic E-state index is 13.0. The van der Waals surface area contributed by atoms with E-state index in [1.54, 1.807) is 0 Å². The Bertz CT molecular complexity index is 972. The van der Waals surface area contributed by atoms with Gasteiger partial charge < -0.3 is 10.6 Å². The zero-order chi connectivity index (χ0) is 25.5. The van der Waals surface area contributed by atoms with Crippen LogP contribution in [0.15, 0.2) is 36.4 Å². The second-order valence-corrected chi connectivity index (χ2v) is 7.48. The number of carbonyl (C=O) groups excluding carboxylic acids is 1. The molecule has 1 saturated carbocycles. The summed E-state index contributed by atoms with van der Waals surface area (Å²) in [6.45, 7) is 4.00. The molecule has 0 radical (unpaired) electrons. The van der Waals surface area contributed by atoms with Gasteiger partial charge in [-0.05, 0) is 62.1 Å². The number of anilines is 1. The number of pyridine rings is 1. The highest BCUT2D eigenvalue weighted by Gasteiger charge is 2.39. The van der Waals surface area contributed by atoms with E-state index in [0.29, 0.717) is 48.9 Å². The van der Waals surface area contributed by atoms with Crippen molar-refractivity contribution >= 4 is 11.6 Å². The summed E-state index contributed by atoms with van der Waals surface area (Å²) in [5.74, 6) is -0.315. The summed E-state index contributed by atoms with van der Waals surface area (Å²) < 4.78 is 77.7. The van der Waals surface area contributed by atoms with Crippen LogP contribution >= 0.6 is 0 Å². The van der Waals surface area contributed by atoms with Gasteiger partial charge in [-0.25, -0.2) is 4.98 Å². The van der Waals surface area contributed by atoms with Gasteiger partial charge in [0, 0.05) is 23.3 Å². The molecule has 3 rings (SSSR count). The standard InChI is InChI=1S/C21H18F6N4O.C2H6/c22-20(23,24)17-9-16(10-18(31-17)21(25,26)27)29-14-5-7-15(8-6-14)30-19(32)13-3-1-12(11-28)2-4-13;1-2/h1-4,9-10,14-15H,5-8H2,(H,29,31)(H,30,32);1-2H3. The molecule has 1 fully saturated rings. The molecule has 0 unspecified atom stereocenters. The Hall–Kier alpha value is -3.29. The largest absolute Gasteiger partial charge is 0.433 e. The van der Waals surface area contributed by atoms with Crippen LogP contribution in [0.25, 0.3) is 0 Å². The summed E-state index contributed by atoms with van der Waals surface area (Å²) >= 11 is 0. The predicted octanol–water partition coefficient (Wildman–Crippen LogP) is 6.17. The van der Waals surface area contributed by atoms with E-state index in [0.717, 1.165) is 0 Å². The molecule has 11 heteroatoms. The molecule has 0 atom stereocenters. The number of hydrogen-bond donors (Lipinski definition) is 2. The van der Waals surface area contributed by atoms with Gasteiger partial charge in [0.2, 0.25) is 0 Å². The van der Waals surface area contributed by atoms with E-state index >= 15 is 0 Å². The molecule has 1 heterocycles. The molecule has 34 heavy (non-hydrogen) atoms. The Labute approximate surface area is 193 Å². The molecule has 0 saturated heterocycles. The second-order valence-electron chi connectivity index (χ2n) is 7.48. The third kappa shape index (κ3) is 7.37. The highest BCUT2D eigenvalue weighted by molar-refractivity contribution is 5.94. The Morgan fingerprint density at radius 3 is 1.82 bits per heavy atom. The first-order valence-electron chi connectivity index (χ1n) is 10.7. The number of benzene rings is 1. The topological polar surface area (TPSA) is 77.8 Å². The maximum Gasteiger partial charge on any atom is 0.433 e. The van der Waals surface area contributed by atoms with Gasteiger partial charge in [0.25, 0.3) is 5.91 Å². The van der Waals surface area contributed by atoms with E-state index in [2.05, 4.69) is 15.6 Å². The summed E-state index contributed by atoms with van der Waals surface area (Å²) in [5.41, 5.74) is -2.71. The van der Waals surface area contributed by atoms with Gasteiger partial charge in [-0.3, -0.25) is 4.79 Å². The third-order valence-corrected chi connectivity index (χ3v) is 5.12. The van der Waals surface area contributed by atoms with E-state index in [4.69, 9.17) is 5.26 Å². The summed E-state index contributed by atoms with van der Waals surface area (Å²) in [5, 5.41) is 14.4. The Morgan fingerprint density at radius 2 is 1.38 bits per heavy atom. The molecule has 0 bridgehead atoms. The average molecular weight is 486 g/mol. The minimum atomic E-state index is -5.01. The number of nitriles is 1. The zero-order valence-electron chi connectivity index (χ0n) is 18.5. The number of aromatic nitrogens is 1. The number of hydrogen-bond acceptors (Lipinski definition) is 4. The van der Waals surface area contributed by atoms with Crippen LogP contribution < -0.4 is 10.6 Å². The van der Waals surface area contributed by atoms with E-state index < -0.39 is 23.7 Å². The fraction of sp³-hybridized carbons (Fsp3) is 0.435. The normalized spacial score (nSPS) is 18.2. The highest BCUT2D eigenvalue weighted by atomic mass is 19.4. The molecule has 184 valence electrons. The first-order valence-corrected chi connectivity index (χ1v) is 10.7. The Morgan fingerprint density at radius 1 is 0.912 bits per heavy atom. The van der Waals surface area contributed by atoms with Crippen molar-refractivity contribution < 1.29 is 31.1 Å². The molecule has 1 aliphatic rings. The van der Waals surface area contributed by atoms with Crippen molar-refractivity contribution in [2.75, 3.05) is 5.32 Å². The lowest BCUT2D eigenvalue weighted by atomic mass is 9.90. The van der Waals surface area contributed by atoms with Crippen LogP contribution in [0.3, 0.4) is 0 Å². The molecule has 2 aromatic rings. The molecule has 1 aromatic heterocycles. The molecule has 1 amide bonds. The monoisotopic (exact) mass is 486 g/mol. The first-order chi connectivity index (χ1) is 16.0. The summed E-state index contributed by atoms with van der Waals surface area (Å²) in [6, 6.07) is 8.66. The number of amides is 1. The molecule has 0 spiro atoms. The lowest BCUT2D eigenvalue weighted by Gasteiger charge is -2.30.